The van der Waals surface area contributed by atoms with Crippen LogP contribution in [0.1, 0.15) is 24.8 Å². The van der Waals surface area contributed by atoms with Crippen LogP contribution in [0.2, 0.25) is 0 Å². The molecule has 0 bridgehead atoms. The number of thiol groups is 1. The van der Waals surface area contributed by atoms with E-state index in [2.05, 4.69) is 23.3 Å². The zero-order valence-corrected chi connectivity index (χ0v) is 19.6. The molecule has 1 aromatic rings. The molecule has 1 rings (SSSR count). The molecule has 4 atom stereocenters. The van der Waals surface area contributed by atoms with Gasteiger partial charge in [0.25, 0.3) is 0 Å². The monoisotopic (exact) mass is 511 g/mol. The van der Waals surface area contributed by atoms with Crippen molar-refractivity contribution in [3.63, 3.8) is 0 Å². The molecular weight excluding hydrogens is 482 g/mol. The summed E-state index contributed by atoms with van der Waals surface area (Å²) in [6.45, 7) is 0. The van der Waals surface area contributed by atoms with Gasteiger partial charge in [0.2, 0.25) is 23.6 Å². The summed E-state index contributed by atoms with van der Waals surface area (Å²) in [6.07, 6.45) is -1.16. The molecule has 0 saturated carbocycles. The summed E-state index contributed by atoms with van der Waals surface area (Å²) < 4.78 is 0. The topological polar surface area (TPSA) is 231 Å². The second-order valence-corrected chi connectivity index (χ2v) is 7.97. The Morgan fingerprint density at radius 3 is 1.91 bits per heavy atom. The van der Waals surface area contributed by atoms with Crippen LogP contribution in [0.5, 0.6) is 0 Å². The number of carbonyl (C=O) groups excluding carboxylic acids is 4. The van der Waals surface area contributed by atoms with E-state index in [-0.39, 0.29) is 25.0 Å². The molecule has 14 heteroatoms. The smallest absolute Gasteiger partial charge is 0.326 e. The van der Waals surface area contributed by atoms with Crippen molar-refractivity contribution in [1.82, 2.24) is 16.0 Å². The Morgan fingerprint density at radius 2 is 1.40 bits per heavy atom. The van der Waals surface area contributed by atoms with Crippen LogP contribution >= 0.6 is 12.6 Å². The van der Waals surface area contributed by atoms with Crippen LogP contribution in [0.4, 0.5) is 0 Å². The molecule has 0 aliphatic carbocycles. The minimum atomic E-state index is -1.74. The maximum Gasteiger partial charge on any atom is 0.326 e. The summed E-state index contributed by atoms with van der Waals surface area (Å²) in [5.41, 5.74) is 11.9. The van der Waals surface area contributed by atoms with Gasteiger partial charge in [0, 0.05) is 12.2 Å². The molecule has 0 aliphatic heterocycles. The SMILES string of the molecule is NC(=O)CCC(NC(=O)C(N)Cc1ccccc1)C(=O)NC(CS)C(=O)NC(CC(=O)O)C(=O)O. The predicted octanol–water partition coefficient (Wildman–Crippen LogP) is -2.23. The van der Waals surface area contributed by atoms with Crippen molar-refractivity contribution >= 4 is 48.2 Å². The number of primary amides is 1. The molecule has 4 unspecified atom stereocenters. The molecule has 1 aromatic carbocycles. The summed E-state index contributed by atoms with van der Waals surface area (Å²) in [7, 11) is 0. The fourth-order valence-electron chi connectivity index (χ4n) is 2.91. The minimum Gasteiger partial charge on any atom is -0.481 e. The first-order valence-corrected chi connectivity index (χ1v) is 11.1. The number of aliphatic carboxylic acids is 2. The number of carboxylic acid groups (broad SMARTS) is 2. The predicted molar refractivity (Wildman–Crippen MR) is 126 cm³/mol. The van der Waals surface area contributed by atoms with Gasteiger partial charge in [-0.2, -0.15) is 12.6 Å². The molecule has 0 aliphatic rings. The average Bonchev–Trinajstić information content (AvgIpc) is 2.79. The number of hydrogen-bond donors (Lipinski definition) is 8. The van der Waals surface area contributed by atoms with Crippen LogP contribution in [0.15, 0.2) is 30.3 Å². The van der Waals surface area contributed by atoms with E-state index in [1.54, 1.807) is 30.3 Å². The van der Waals surface area contributed by atoms with Crippen LogP contribution in [-0.2, 0) is 35.2 Å². The molecule has 192 valence electrons. The molecule has 13 nitrogen and oxygen atoms in total. The Bertz CT molecular complexity index is 930. The zero-order chi connectivity index (χ0) is 26.5. The fraction of sp³-hybridized carbons (Fsp3) is 0.429. The van der Waals surface area contributed by atoms with Crippen LogP contribution in [0.3, 0.4) is 0 Å². The van der Waals surface area contributed by atoms with E-state index in [0.717, 1.165) is 5.56 Å². The van der Waals surface area contributed by atoms with E-state index in [0.29, 0.717) is 0 Å². The highest BCUT2D eigenvalue weighted by Crippen LogP contribution is 2.05. The standard InChI is InChI=1S/C21H29N5O8S/c22-12(8-11-4-2-1-3-5-11)18(30)24-13(6-7-16(23)27)19(31)26-15(10-35)20(32)25-14(21(33)34)9-17(28)29/h1-5,12-15,35H,6-10,22H2,(H2,23,27)(H,24,30)(H,25,32)(H,26,31)(H,28,29)(H,33,34). The third-order valence-electron chi connectivity index (χ3n) is 4.76. The van der Waals surface area contributed by atoms with Crippen molar-refractivity contribution in [3.05, 3.63) is 35.9 Å². The van der Waals surface area contributed by atoms with E-state index >= 15 is 0 Å². The number of carboxylic acids is 2. The van der Waals surface area contributed by atoms with E-state index < -0.39 is 66.2 Å². The zero-order valence-electron chi connectivity index (χ0n) is 18.7. The van der Waals surface area contributed by atoms with Crippen molar-refractivity contribution in [3.8, 4) is 0 Å². The lowest BCUT2D eigenvalue weighted by Gasteiger charge is -2.24. The van der Waals surface area contributed by atoms with Gasteiger partial charge in [0.1, 0.15) is 18.1 Å². The third-order valence-corrected chi connectivity index (χ3v) is 5.12. The molecule has 0 heterocycles. The highest BCUT2D eigenvalue weighted by molar-refractivity contribution is 7.80. The minimum absolute atomic E-state index is 0.179. The third kappa shape index (κ3) is 10.9. The maximum atomic E-state index is 12.8. The van der Waals surface area contributed by atoms with Gasteiger partial charge in [0.15, 0.2) is 0 Å². The molecule has 0 saturated heterocycles. The van der Waals surface area contributed by atoms with Crippen molar-refractivity contribution in [2.24, 2.45) is 11.5 Å². The lowest BCUT2D eigenvalue weighted by atomic mass is 10.0. The van der Waals surface area contributed by atoms with Crippen molar-refractivity contribution in [2.45, 2.75) is 49.9 Å². The van der Waals surface area contributed by atoms with Gasteiger partial charge in [-0.1, -0.05) is 30.3 Å². The average molecular weight is 512 g/mol. The Kier molecular flexibility index (Phi) is 12.2. The van der Waals surface area contributed by atoms with E-state index in [9.17, 15) is 28.8 Å². The van der Waals surface area contributed by atoms with Crippen LogP contribution in [0.25, 0.3) is 0 Å². The lowest BCUT2D eigenvalue weighted by molar-refractivity contribution is -0.147. The number of benzene rings is 1. The lowest BCUT2D eigenvalue weighted by Crippen LogP contribution is -2.58. The highest BCUT2D eigenvalue weighted by Gasteiger charge is 2.30. The second kappa shape index (κ2) is 14.6. The number of rotatable bonds is 15. The van der Waals surface area contributed by atoms with Crippen LogP contribution < -0.4 is 27.4 Å². The number of hydrogen-bond acceptors (Lipinski definition) is 8. The van der Waals surface area contributed by atoms with Crippen molar-refractivity contribution in [1.29, 1.82) is 0 Å². The first kappa shape index (κ1) is 29.4. The van der Waals surface area contributed by atoms with Crippen molar-refractivity contribution in [2.75, 3.05) is 5.75 Å². The first-order valence-electron chi connectivity index (χ1n) is 10.5. The summed E-state index contributed by atoms with van der Waals surface area (Å²) >= 11 is 3.96. The van der Waals surface area contributed by atoms with E-state index in [4.69, 9.17) is 21.7 Å². The normalized spacial score (nSPS) is 14.0. The maximum absolute atomic E-state index is 12.8. The first-order chi connectivity index (χ1) is 16.4. The van der Waals surface area contributed by atoms with Gasteiger partial charge in [-0.15, -0.1) is 0 Å². The Hall–Kier alpha value is -3.65. The summed E-state index contributed by atoms with van der Waals surface area (Å²) in [4.78, 5) is 71.0. The fourth-order valence-corrected chi connectivity index (χ4v) is 3.17. The molecule has 0 radical (unpaired) electrons. The number of carbonyl (C=O) groups is 6. The number of nitrogens with two attached hydrogens (primary N) is 2. The highest BCUT2D eigenvalue weighted by atomic mass is 32.1. The van der Waals surface area contributed by atoms with E-state index in [1.165, 1.54) is 0 Å². The Labute approximate surface area is 206 Å². The van der Waals surface area contributed by atoms with Gasteiger partial charge >= 0.3 is 11.9 Å². The molecule has 9 N–H and O–H groups in total. The molecule has 4 amide bonds. The quantitative estimate of drug-likeness (QED) is 0.119. The summed E-state index contributed by atoms with van der Waals surface area (Å²) in [5, 5.41) is 24.6. The number of amides is 4. The summed E-state index contributed by atoms with van der Waals surface area (Å²) in [6, 6.07) is 3.48. The Balaban J connectivity index is 2.88. The van der Waals surface area contributed by atoms with Gasteiger partial charge in [-0.3, -0.25) is 24.0 Å². The molecule has 35 heavy (non-hydrogen) atoms. The summed E-state index contributed by atoms with van der Waals surface area (Å²) in [5.74, 6) is -6.59. The largest absolute Gasteiger partial charge is 0.481 e. The van der Waals surface area contributed by atoms with Gasteiger partial charge in [0.05, 0.1) is 12.5 Å². The molecular formula is C21H29N5O8S. The Morgan fingerprint density at radius 1 is 0.857 bits per heavy atom. The van der Waals surface area contributed by atoms with Gasteiger partial charge < -0.3 is 37.6 Å². The second-order valence-electron chi connectivity index (χ2n) is 7.60. The molecule has 0 spiro atoms. The van der Waals surface area contributed by atoms with Crippen LogP contribution in [-0.4, -0.2) is 75.7 Å². The van der Waals surface area contributed by atoms with Crippen LogP contribution in [0, 0.1) is 0 Å². The van der Waals surface area contributed by atoms with Crippen molar-refractivity contribution < 1.29 is 39.0 Å². The van der Waals surface area contributed by atoms with Gasteiger partial charge in [-0.25, -0.2) is 4.79 Å². The molecule has 0 aromatic heterocycles. The molecule has 0 fully saturated rings. The van der Waals surface area contributed by atoms with Gasteiger partial charge in [-0.05, 0) is 18.4 Å². The van der Waals surface area contributed by atoms with E-state index in [1.807, 2.05) is 5.32 Å². The number of nitrogens with one attached hydrogen (secondary N) is 3.